The molecule has 0 aliphatic heterocycles. The molecule has 0 heterocycles. The van der Waals surface area contributed by atoms with Gasteiger partial charge in [-0.3, -0.25) is 9.59 Å². The Morgan fingerprint density at radius 2 is 1.27 bits per heavy atom. The van der Waals surface area contributed by atoms with Gasteiger partial charge in [-0.1, -0.05) is 70.2 Å². The monoisotopic (exact) mass is 555 g/mol. The number of phenolic OH excluding ortho intramolecular Hbond substituents is 1. The summed E-state index contributed by atoms with van der Waals surface area (Å²) < 4.78 is 10.2. The Hall–Kier alpha value is -4.08. The highest BCUT2D eigenvalue weighted by molar-refractivity contribution is 5.93. The molecule has 2 rings (SSSR count). The van der Waals surface area contributed by atoms with E-state index in [1.165, 1.54) is 19.2 Å². The lowest BCUT2D eigenvalue weighted by Gasteiger charge is -2.26. The van der Waals surface area contributed by atoms with Crippen molar-refractivity contribution in [1.29, 1.82) is 0 Å². The minimum Gasteiger partial charge on any atom is -0.508 e. The lowest BCUT2D eigenvalue weighted by molar-refractivity contribution is -0.145. The highest BCUT2D eigenvalue weighted by atomic mass is 16.5. The summed E-state index contributed by atoms with van der Waals surface area (Å²) >= 11 is 0. The zero-order chi connectivity index (χ0) is 29.7. The highest BCUT2D eigenvalue weighted by Crippen LogP contribution is 2.14. The third kappa shape index (κ3) is 11.3. The molecule has 3 atom stereocenters. The molecular weight excluding hydrogens is 514 g/mol. The maximum absolute atomic E-state index is 13.4. The molecule has 4 N–H and O–H groups in total. The summed E-state index contributed by atoms with van der Waals surface area (Å²) in [5.74, 6) is -1.53. The second-order valence-electron chi connectivity index (χ2n) is 10.5. The zero-order valence-electron chi connectivity index (χ0n) is 23.8. The number of aromatic hydroxyl groups is 1. The minimum absolute atomic E-state index is 0.0410. The molecule has 2 aromatic carbocycles. The van der Waals surface area contributed by atoms with Crippen molar-refractivity contribution in [2.75, 3.05) is 7.11 Å². The van der Waals surface area contributed by atoms with Crippen molar-refractivity contribution >= 4 is 23.9 Å². The number of phenols is 1. The van der Waals surface area contributed by atoms with E-state index in [9.17, 15) is 24.3 Å². The molecule has 0 radical (unpaired) electrons. The molecule has 10 nitrogen and oxygen atoms in total. The van der Waals surface area contributed by atoms with Crippen molar-refractivity contribution in [1.82, 2.24) is 16.0 Å². The van der Waals surface area contributed by atoms with Crippen molar-refractivity contribution in [2.45, 2.75) is 71.7 Å². The molecule has 0 bridgehead atoms. The number of nitrogens with one attached hydrogen (secondary N) is 3. The van der Waals surface area contributed by atoms with Gasteiger partial charge in [0.1, 0.15) is 30.5 Å². The molecule has 0 saturated heterocycles. The van der Waals surface area contributed by atoms with Gasteiger partial charge in [0.2, 0.25) is 11.8 Å². The van der Waals surface area contributed by atoms with Crippen molar-refractivity contribution in [2.24, 2.45) is 11.8 Å². The van der Waals surface area contributed by atoms with Crippen LogP contribution >= 0.6 is 0 Å². The molecule has 0 aliphatic rings. The van der Waals surface area contributed by atoms with Gasteiger partial charge < -0.3 is 30.5 Å². The maximum atomic E-state index is 13.4. The van der Waals surface area contributed by atoms with Crippen LogP contribution in [0.3, 0.4) is 0 Å². The number of methoxy groups -OCH3 is 1. The molecule has 2 aromatic rings. The van der Waals surface area contributed by atoms with Gasteiger partial charge in [0.15, 0.2) is 0 Å². The Balaban J connectivity index is 2.20. The predicted octanol–water partition coefficient (Wildman–Crippen LogP) is 3.46. The van der Waals surface area contributed by atoms with E-state index >= 15 is 0 Å². The number of benzene rings is 2. The lowest BCUT2D eigenvalue weighted by Crippen LogP contribution is -2.56. The molecule has 0 unspecified atom stereocenters. The first-order valence-corrected chi connectivity index (χ1v) is 13.4. The van der Waals surface area contributed by atoms with Crippen LogP contribution in [0.4, 0.5) is 4.79 Å². The number of carbonyl (C=O) groups is 4. The van der Waals surface area contributed by atoms with Crippen molar-refractivity contribution in [3.05, 3.63) is 65.7 Å². The zero-order valence-corrected chi connectivity index (χ0v) is 23.8. The molecule has 0 saturated carbocycles. The van der Waals surface area contributed by atoms with E-state index in [2.05, 4.69) is 16.0 Å². The second-order valence-corrected chi connectivity index (χ2v) is 10.5. The van der Waals surface area contributed by atoms with Crippen LogP contribution in [-0.2, 0) is 36.9 Å². The molecule has 0 aromatic heterocycles. The van der Waals surface area contributed by atoms with Gasteiger partial charge in [0.05, 0.1) is 7.11 Å². The molecular formula is C30H41N3O7. The second kappa shape index (κ2) is 16.1. The fraction of sp³-hybridized carbons (Fsp3) is 0.467. The summed E-state index contributed by atoms with van der Waals surface area (Å²) in [4.78, 5) is 51.7. The van der Waals surface area contributed by atoms with Gasteiger partial charge in [-0.15, -0.1) is 0 Å². The van der Waals surface area contributed by atoms with E-state index in [1.54, 1.807) is 12.1 Å². The predicted molar refractivity (Wildman–Crippen MR) is 150 cm³/mol. The number of carbonyl (C=O) groups excluding carboxylic acids is 4. The van der Waals surface area contributed by atoms with Crippen LogP contribution in [0.5, 0.6) is 5.75 Å². The topological polar surface area (TPSA) is 143 Å². The summed E-state index contributed by atoms with van der Waals surface area (Å²) in [7, 11) is 1.25. The van der Waals surface area contributed by atoms with Gasteiger partial charge >= 0.3 is 12.1 Å². The van der Waals surface area contributed by atoms with Crippen molar-refractivity contribution < 1.29 is 33.8 Å². The van der Waals surface area contributed by atoms with Crippen LogP contribution in [0.25, 0.3) is 0 Å². The van der Waals surface area contributed by atoms with E-state index in [1.807, 2.05) is 58.0 Å². The Morgan fingerprint density at radius 3 is 1.85 bits per heavy atom. The Kier molecular flexibility index (Phi) is 13.0. The van der Waals surface area contributed by atoms with Crippen molar-refractivity contribution in [3.63, 3.8) is 0 Å². The van der Waals surface area contributed by atoms with Crippen LogP contribution in [0, 0.1) is 11.8 Å². The molecule has 10 heteroatoms. The number of ether oxygens (including phenoxy) is 2. The summed E-state index contributed by atoms with van der Waals surface area (Å²) in [6.07, 6.45) is -0.0201. The standard InChI is InChI=1S/C30H41N3O7/c1-19(2)15-24(33-30(38)40-18-22-9-7-6-8-10-22)27(35)31-25(17-21-11-13-23(34)14-12-21)28(36)32-26(16-20(3)4)29(37)39-5/h6-14,19-20,24-26,34H,15-18H2,1-5H3,(H,31,35)(H,32,36)(H,33,38)/t24-,25-,26-/m0/s1. The average molecular weight is 556 g/mol. The number of amides is 3. The molecule has 218 valence electrons. The van der Waals surface area contributed by atoms with Crippen LogP contribution in [0.1, 0.15) is 51.7 Å². The first-order valence-electron chi connectivity index (χ1n) is 13.4. The lowest BCUT2D eigenvalue weighted by atomic mass is 10.00. The normalized spacial score (nSPS) is 13.2. The maximum Gasteiger partial charge on any atom is 0.408 e. The SMILES string of the molecule is COC(=O)[C@H](CC(C)C)NC(=O)[C@H](Cc1ccc(O)cc1)NC(=O)[C@H](CC(C)C)NC(=O)OCc1ccccc1. The van der Waals surface area contributed by atoms with Gasteiger partial charge in [-0.05, 0) is 47.9 Å². The van der Waals surface area contributed by atoms with Gasteiger partial charge in [0.25, 0.3) is 0 Å². The molecule has 0 fully saturated rings. The van der Waals surface area contributed by atoms with E-state index in [-0.39, 0.29) is 30.6 Å². The molecule has 40 heavy (non-hydrogen) atoms. The highest BCUT2D eigenvalue weighted by Gasteiger charge is 2.31. The Labute approximate surface area is 235 Å². The average Bonchev–Trinajstić information content (AvgIpc) is 2.91. The largest absolute Gasteiger partial charge is 0.508 e. The van der Waals surface area contributed by atoms with E-state index in [4.69, 9.17) is 9.47 Å². The summed E-state index contributed by atoms with van der Waals surface area (Å²) in [6, 6.07) is 12.4. The van der Waals surface area contributed by atoms with Crippen LogP contribution in [-0.4, -0.2) is 54.2 Å². The third-order valence-electron chi connectivity index (χ3n) is 6.05. The summed E-state index contributed by atoms with van der Waals surface area (Å²) in [6.45, 7) is 7.68. The quantitative estimate of drug-likeness (QED) is 0.261. The van der Waals surface area contributed by atoms with E-state index < -0.39 is 42.0 Å². The van der Waals surface area contributed by atoms with Gasteiger partial charge in [-0.25, -0.2) is 9.59 Å². The fourth-order valence-corrected chi connectivity index (χ4v) is 4.06. The number of alkyl carbamates (subject to hydrolysis) is 1. The number of esters is 1. The van der Waals surface area contributed by atoms with Crippen LogP contribution in [0.15, 0.2) is 54.6 Å². The first-order chi connectivity index (χ1) is 19.0. The third-order valence-corrected chi connectivity index (χ3v) is 6.05. The molecule has 0 aliphatic carbocycles. The number of hydrogen-bond donors (Lipinski definition) is 4. The van der Waals surface area contributed by atoms with E-state index in [0.29, 0.717) is 18.4 Å². The van der Waals surface area contributed by atoms with E-state index in [0.717, 1.165) is 5.56 Å². The molecule has 0 spiro atoms. The van der Waals surface area contributed by atoms with Crippen LogP contribution in [0.2, 0.25) is 0 Å². The summed E-state index contributed by atoms with van der Waals surface area (Å²) in [5.41, 5.74) is 1.47. The van der Waals surface area contributed by atoms with Gasteiger partial charge in [0, 0.05) is 6.42 Å². The smallest absolute Gasteiger partial charge is 0.408 e. The van der Waals surface area contributed by atoms with Crippen LogP contribution < -0.4 is 16.0 Å². The Bertz CT molecular complexity index is 1100. The number of hydrogen-bond acceptors (Lipinski definition) is 7. The fourth-order valence-electron chi connectivity index (χ4n) is 4.06. The van der Waals surface area contributed by atoms with Crippen molar-refractivity contribution in [3.8, 4) is 5.75 Å². The molecule has 3 amide bonds. The summed E-state index contributed by atoms with van der Waals surface area (Å²) in [5, 5.41) is 17.7. The first kappa shape index (κ1) is 32.1. The van der Waals surface area contributed by atoms with Gasteiger partial charge in [-0.2, -0.15) is 0 Å². The number of rotatable bonds is 14. The minimum atomic E-state index is -1.08. The Morgan fingerprint density at radius 1 is 0.725 bits per heavy atom.